The minimum atomic E-state index is -0.967. The number of pyridine rings is 1. The Labute approximate surface area is 99.1 Å². The Morgan fingerprint density at radius 2 is 1.88 bits per heavy atom. The predicted octanol–water partition coefficient (Wildman–Crippen LogP) is 2.95. The molecular weight excluding hydrogens is 214 g/mol. The Bertz CT molecular complexity index is 547. The summed E-state index contributed by atoms with van der Waals surface area (Å²) in [5, 5.41) is 8.99. The van der Waals surface area contributed by atoms with Crippen LogP contribution in [-0.2, 0) is 0 Å². The Hall–Kier alpha value is -2.42. The van der Waals surface area contributed by atoms with Crippen LogP contribution in [0.1, 0.15) is 21.5 Å². The summed E-state index contributed by atoms with van der Waals surface area (Å²) in [6, 6.07) is 11.4. The minimum absolute atomic E-state index is 0.208. The molecule has 0 aliphatic rings. The first-order chi connectivity index (χ1) is 8.27. The van der Waals surface area contributed by atoms with E-state index in [1.165, 1.54) is 6.20 Å². The summed E-state index contributed by atoms with van der Waals surface area (Å²) in [6.07, 6.45) is 6.59. The van der Waals surface area contributed by atoms with Crippen molar-refractivity contribution in [1.29, 1.82) is 0 Å². The molecule has 0 spiro atoms. The highest BCUT2D eigenvalue weighted by atomic mass is 16.4. The van der Waals surface area contributed by atoms with Crippen LogP contribution in [0.5, 0.6) is 0 Å². The topological polar surface area (TPSA) is 50.2 Å². The van der Waals surface area contributed by atoms with Gasteiger partial charge in [-0.1, -0.05) is 42.5 Å². The van der Waals surface area contributed by atoms with Crippen molar-refractivity contribution < 1.29 is 9.90 Å². The average Bonchev–Trinajstić information content (AvgIpc) is 2.38. The van der Waals surface area contributed by atoms with Crippen LogP contribution in [0.3, 0.4) is 0 Å². The van der Waals surface area contributed by atoms with E-state index in [-0.39, 0.29) is 5.56 Å². The lowest BCUT2D eigenvalue weighted by Crippen LogP contribution is -1.99. The number of benzene rings is 1. The first-order valence-electron chi connectivity index (χ1n) is 5.18. The molecule has 1 aromatic carbocycles. The molecule has 1 N–H and O–H groups in total. The largest absolute Gasteiger partial charge is 0.478 e. The Morgan fingerprint density at radius 3 is 2.59 bits per heavy atom. The van der Waals surface area contributed by atoms with Crippen molar-refractivity contribution in [2.75, 3.05) is 0 Å². The predicted molar refractivity (Wildman–Crippen MR) is 66.6 cm³/mol. The highest BCUT2D eigenvalue weighted by Gasteiger charge is 2.06. The first-order valence-corrected chi connectivity index (χ1v) is 5.18. The number of nitrogens with zero attached hydrogens (tertiary/aromatic N) is 1. The van der Waals surface area contributed by atoms with E-state index in [4.69, 9.17) is 5.11 Å². The third kappa shape index (κ3) is 2.78. The van der Waals surface area contributed by atoms with E-state index in [9.17, 15) is 4.79 Å². The second-order valence-electron chi connectivity index (χ2n) is 3.51. The highest BCUT2D eigenvalue weighted by Crippen LogP contribution is 2.12. The van der Waals surface area contributed by atoms with Gasteiger partial charge in [0.2, 0.25) is 0 Å². The van der Waals surface area contributed by atoms with Gasteiger partial charge in [0.05, 0.1) is 5.56 Å². The second-order valence-corrected chi connectivity index (χ2v) is 3.51. The summed E-state index contributed by atoms with van der Waals surface area (Å²) in [6.45, 7) is 0. The van der Waals surface area contributed by atoms with Crippen molar-refractivity contribution in [3.05, 3.63) is 65.5 Å². The van der Waals surface area contributed by atoms with Crippen molar-refractivity contribution >= 4 is 18.1 Å². The molecule has 1 heterocycles. The standard InChI is InChI=1S/C14H11NO2/c16-14(17)13-10-15-9-8-12(13)7-6-11-4-2-1-3-5-11/h1-10H,(H,16,17)/b7-6-. The molecule has 0 bridgehead atoms. The summed E-state index contributed by atoms with van der Waals surface area (Å²) in [7, 11) is 0. The number of aromatic nitrogens is 1. The van der Waals surface area contributed by atoms with Crippen LogP contribution in [0.15, 0.2) is 48.8 Å². The third-order valence-corrected chi connectivity index (χ3v) is 2.34. The van der Waals surface area contributed by atoms with E-state index in [1.807, 2.05) is 36.4 Å². The van der Waals surface area contributed by atoms with Crippen molar-refractivity contribution in [1.82, 2.24) is 4.98 Å². The molecule has 0 saturated heterocycles. The molecule has 0 aliphatic carbocycles. The lowest BCUT2D eigenvalue weighted by Gasteiger charge is -1.99. The number of hydrogen-bond donors (Lipinski definition) is 1. The number of rotatable bonds is 3. The van der Waals surface area contributed by atoms with E-state index in [2.05, 4.69) is 4.98 Å². The number of aromatic carboxylic acids is 1. The Balaban J connectivity index is 2.30. The van der Waals surface area contributed by atoms with Crippen LogP contribution >= 0.6 is 0 Å². The smallest absolute Gasteiger partial charge is 0.337 e. The monoisotopic (exact) mass is 225 g/mol. The molecule has 17 heavy (non-hydrogen) atoms. The van der Waals surface area contributed by atoms with E-state index >= 15 is 0 Å². The first kappa shape index (κ1) is 11.1. The molecule has 2 rings (SSSR count). The zero-order valence-corrected chi connectivity index (χ0v) is 9.08. The van der Waals surface area contributed by atoms with E-state index in [0.29, 0.717) is 5.56 Å². The SMILES string of the molecule is O=C(O)c1cnccc1/C=C\c1ccccc1. The number of carboxylic acid groups (broad SMARTS) is 1. The lowest BCUT2D eigenvalue weighted by molar-refractivity contribution is 0.0696. The highest BCUT2D eigenvalue weighted by molar-refractivity contribution is 5.93. The van der Waals surface area contributed by atoms with Gasteiger partial charge >= 0.3 is 5.97 Å². The zero-order valence-electron chi connectivity index (χ0n) is 9.08. The summed E-state index contributed by atoms with van der Waals surface area (Å²) < 4.78 is 0. The van der Waals surface area contributed by atoms with Crippen LogP contribution in [-0.4, -0.2) is 16.1 Å². The minimum Gasteiger partial charge on any atom is -0.478 e. The summed E-state index contributed by atoms with van der Waals surface area (Å²) >= 11 is 0. The van der Waals surface area contributed by atoms with Gasteiger partial charge in [0.1, 0.15) is 0 Å². The van der Waals surface area contributed by atoms with Crippen LogP contribution in [0.25, 0.3) is 12.2 Å². The molecule has 0 atom stereocenters. The number of hydrogen-bond acceptors (Lipinski definition) is 2. The molecule has 2 aromatic rings. The molecule has 0 unspecified atom stereocenters. The van der Waals surface area contributed by atoms with Crippen molar-refractivity contribution in [2.45, 2.75) is 0 Å². The third-order valence-electron chi connectivity index (χ3n) is 2.34. The van der Waals surface area contributed by atoms with Gasteiger partial charge in [0.25, 0.3) is 0 Å². The quantitative estimate of drug-likeness (QED) is 0.873. The van der Waals surface area contributed by atoms with Crippen molar-refractivity contribution in [3.8, 4) is 0 Å². The van der Waals surface area contributed by atoms with E-state index in [1.54, 1.807) is 18.3 Å². The normalized spacial score (nSPS) is 10.6. The molecule has 1 aromatic heterocycles. The molecular formula is C14H11NO2. The van der Waals surface area contributed by atoms with Crippen LogP contribution in [0.2, 0.25) is 0 Å². The summed E-state index contributed by atoms with van der Waals surface area (Å²) in [4.78, 5) is 14.8. The number of carboxylic acids is 1. The second kappa shape index (κ2) is 5.07. The van der Waals surface area contributed by atoms with Gasteiger partial charge in [0, 0.05) is 12.4 Å². The van der Waals surface area contributed by atoms with Gasteiger partial charge in [-0.2, -0.15) is 0 Å². The van der Waals surface area contributed by atoms with Gasteiger partial charge < -0.3 is 5.11 Å². The average molecular weight is 225 g/mol. The van der Waals surface area contributed by atoms with Gasteiger partial charge in [-0.15, -0.1) is 0 Å². The molecule has 3 heteroatoms. The fourth-order valence-corrected chi connectivity index (χ4v) is 1.48. The zero-order chi connectivity index (χ0) is 12.1. The Kier molecular flexibility index (Phi) is 3.31. The van der Waals surface area contributed by atoms with Crippen LogP contribution in [0.4, 0.5) is 0 Å². The van der Waals surface area contributed by atoms with Crippen LogP contribution in [0, 0.1) is 0 Å². The van der Waals surface area contributed by atoms with E-state index in [0.717, 1.165) is 5.56 Å². The van der Waals surface area contributed by atoms with Gasteiger partial charge in [-0.05, 0) is 17.2 Å². The molecule has 0 aliphatic heterocycles. The maximum Gasteiger partial charge on any atom is 0.337 e. The molecule has 0 amide bonds. The van der Waals surface area contributed by atoms with Gasteiger partial charge in [-0.3, -0.25) is 4.98 Å². The Morgan fingerprint density at radius 1 is 1.12 bits per heavy atom. The lowest BCUT2D eigenvalue weighted by atomic mass is 10.1. The summed E-state index contributed by atoms with van der Waals surface area (Å²) in [5.74, 6) is -0.967. The fourth-order valence-electron chi connectivity index (χ4n) is 1.48. The number of carbonyl (C=O) groups is 1. The molecule has 0 radical (unpaired) electrons. The fraction of sp³-hybridized carbons (Fsp3) is 0. The van der Waals surface area contributed by atoms with Crippen molar-refractivity contribution in [2.24, 2.45) is 0 Å². The van der Waals surface area contributed by atoms with E-state index < -0.39 is 5.97 Å². The van der Waals surface area contributed by atoms with Gasteiger partial charge in [-0.25, -0.2) is 4.79 Å². The van der Waals surface area contributed by atoms with Gasteiger partial charge in [0.15, 0.2) is 0 Å². The molecule has 3 nitrogen and oxygen atoms in total. The van der Waals surface area contributed by atoms with Crippen LogP contribution < -0.4 is 0 Å². The molecule has 0 fully saturated rings. The molecule has 84 valence electrons. The maximum atomic E-state index is 11.0. The van der Waals surface area contributed by atoms with Crippen molar-refractivity contribution in [3.63, 3.8) is 0 Å². The maximum absolute atomic E-state index is 11.0. The summed E-state index contributed by atoms with van der Waals surface area (Å²) in [5.41, 5.74) is 1.89. The molecule has 0 saturated carbocycles.